The van der Waals surface area contributed by atoms with Crippen LogP contribution >= 0.6 is 0 Å². The van der Waals surface area contributed by atoms with Crippen LogP contribution in [-0.2, 0) is 4.74 Å². The Hall–Kier alpha value is -0.480. The fraction of sp³-hybridized carbons (Fsp3) is 1.00. The lowest BCUT2D eigenvalue weighted by atomic mass is 9.96. The zero-order valence-corrected chi connectivity index (χ0v) is 55.1. The zero-order chi connectivity index (χ0) is 58.6. The van der Waals surface area contributed by atoms with Crippen molar-refractivity contribution in [3.8, 4) is 0 Å². The number of hydrogen-bond acceptors (Lipinski definition) is 12. The maximum atomic E-state index is 8.92. The third-order valence-corrected chi connectivity index (χ3v) is 10.4. The number of rotatable bonds is 6. The molecular weight excluding hydrogens is 873 g/mol. The molecule has 12 nitrogen and oxygen atoms in total. The predicted octanol–water partition coefficient (Wildman–Crippen LogP) is 10.8. The maximum Gasteiger partial charge on any atom is 0.0594 e. The van der Waals surface area contributed by atoms with Crippen LogP contribution in [0.1, 0.15) is 228 Å². The van der Waals surface area contributed by atoms with Gasteiger partial charge in [0.05, 0.1) is 33.0 Å². The smallest absolute Gasteiger partial charge is 0.0594 e. The fourth-order valence-electron chi connectivity index (χ4n) is 6.17. The van der Waals surface area contributed by atoms with Gasteiger partial charge in [-0.25, -0.2) is 0 Å². The quantitative estimate of drug-likeness (QED) is 0.151. The molecule has 0 amide bonds. The minimum absolute atomic E-state index is 0. The van der Waals surface area contributed by atoms with Crippen LogP contribution in [0.15, 0.2) is 0 Å². The maximum absolute atomic E-state index is 8.92. The van der Waals surface area contributed by atoms with Gasteiger partial charge in [-0.2, -0.15) is 0 Å². The van der Waals surface area contributed by atoms with E-state index in [1.54, 1.807) is 0 Å². The van der Waals surface area contributed by atoms with Gasteiger partial charge in [0.15, 0.2) is 0 Å². The third kappa shape index (κ3) is 65.5. The summed E-state index contributed by atoms with van der Waals surface area (Å²) in [6.45, 7) is 77.8. The Morgan fingerprint density at radius 1 is 0.443 bits per heavy atom. The van der Waals surface area contributed by atoms with Crippen molar-refractivity contribution in [1.82, 2.24) is 35.1 Å². The lowest BCUT2D eigenvalue weighted by Gasteiger charge is -2.45. The molecule has 12 heteroatoms. The third-order valence-electron chi connectivity index (χ3n) is 10.4. The fourth-order valence-corrected chi connectivity index (χ4v) is 6.17. The zero-order valence-electron chi connectivity index (χ0n) is 55.1. The number of aliphatic hydroxyl groups is 3. The summed E-state index contributed by atoms with van der Waals surface area (Å²) in [6, 6.07) is 0. The van der Waals surface area contributed by atoms with E-state index in [1.807, 2.05) is 32.7 Å². The summed E-state index contributed by atoms with van der Waals surface area (Å²) in [5.41, 5.74) is 7.61. The molecule has 0 spiro atoms. The van der Waals surface area contributed by atoms with E-state index in [1.165, 1.54) is 0 Å². The van der Waals surface area contributed by atoms with E-state index < -0.39 is 0 Å². The normalized spacial score (nSPS) is 14.7. The second-order valence-corrected chi connectivity index (χ2v) is 30.0. The molecule has 1 aliphatic heterocycles. The second kappa shape index (κ2) is 35.7. The van der Waals surface area contributed by atoms with Crippen LogP contribution in [0.3, 0.4) is 0 Å². The van der Waals surface area contributed by atoms with E-state index in [4.69, 9.17) is 25.8 Å². The minimum Gasteiger partial charge on any atom is -0.395 e. The van der Waals surface area contributed by atoms with Gasteiger partial charge in [-0.15, -0.1) is 0 Å². The number of ether oxygens (including phenoxy) is 1. The van der Waals surface area contributed by atoms with E-state index in [-0.39, 0.29) is 64.1 Å². The molecule has 0 saturated carbocycles. The van der Waals surface area contributed by atoms with Crippen molar-refractivity contribution in [3.63, 3.8) is 0 Å². The standard InChI is InChI=1S/C10H23NO.C9H21N.C8H19NO2.C8H17NO.C8H19N.C6H15N.C5H13N.C4H11N/c1-9(2,3)11(7-8-12)10(4,5)6;1-8(2,3)10(7)9(4,5)6;1-8(2,3)9(4-6-10)5-7-11;1-8(2,3)9-4-6-10-7-5-9;1-7(2,3)9-8(4,5)6;1-6(2,3)7(4)5;1-5(2,3)6-4;1-4(2,3)5/h12H,7-8H2,1-6H3;1-7H3;10-11H,4-7H2,1-3H3;4-7H2,1-3H3;9H,1-6H3;1-5H3;6H,1-4H3;5H2,1-3H3. The van der Waals surface area contributed by atoms with Crippen LogP contribution in [0.5, 0.6) is 0 Å². The topological polar surface area (TPSA) is 136 Å². The number of morpholine rings is 1. The Bertz CT molecular complexity index is 1120. The largest absolute Gasteiger partial charge is 0.395 e. The van der Waals surface area contributed by atoms with Gasteiger partial charge in [0.25, 0.3) is 0 Å². The van der Waals surface area contributed by atoms with Gasteiger partial charge in [-0.05, 0) is 257 Å². The number of nitrogens with one attached hydrogen (secondary N) is 2. The first kappa shape index (κ1) is 83.5. The number of β-amino-alcohol motifs (C(OH)–C–C–N with tert-alkyl or cyclic N) is 3. The molecule has 0 radical (unpaired) electrons. The van der Waals surface area contributed by atoms with Crippen molar-refractivity contribution >= 4 is 0 Å². The van der Waals surface area contributed by atoms with Gasteiger partial charge in [0.1, 0.15) is 0 Å². The molecule has 0 unspecified atom stereocenters. The van der Waals surface area contributed by atoms with Gasteiger partial charge >= 0.3 is 0 Å². The van der Waals surface area contributed by atoms with Crippen LogP contribution < -0.4 is 16.4 Å². The van der Waals surface area contributed by atoms with Crippen molar-refractivity contribution in [2.24, 2.45) is 5.73 Å². The average Bonchev–Trinajstić information content (AvgIpc) is 3.07. The van der Waals surface area contributed by atoms with Crippen molar-refractivity contribution in [3.05, 3.63) is 0 Å². The lowest BCUT2D eigenvalue weighted by Crippen LogP contribution is -2.53. The summed E-state index contributed by atoms with van der Waals surface area (Å²) in [4.78, 5) is 11.4. The molecule has 1 aliphatic rings. The molecule has 434 valence electrons. The molecule has 1 heterocycles. The van der Waals surface area contributed by atoms with Crippen molar-refractivity contribution < 1.29 is 20.1 Å². The van der Waals surface area contributed by atoms with Gasteiger partial charge in [-0.1, -0.05) is 0 Å². The van der Waals surface area contributed by atoms with E-state index in [9.17, 15) is 0 Å². The molecule has 1 fully saturated rings. The molecule has 0 aromatic heterocycles. The van der Waals surface area contributed by atoms with Gasteiger partial charge in [-0.3, -0.25) is 19.6 Å². The summed E-state index contributed by atoms with van der Waals surface area (Å²) in [6.07, 6.45) is 0. The Morgan fingerprint density at radius 2 is 0.700 bits per heavy atom. The molecule has 0 atom stereocenters. The average molecular weight is 1010 g/mol. The number of nitrogens with zero attached hydrogens (tertiary/aromatic N) is 5. The number of aliphatic hydroxyl groups excluding tert-OH is 3. The van der Waals surface area contributed by atoms with Crippen LogP contribution in [0.2, 0.25) is 0 Å². The first-order valence-electron chi connectivity index (χ1n) is 26.6. The first-order valence-corrected chi connectivity index (χ1v) is 26.6. The highest BCUT2D eigenvalue weighted by Gasteiger charge is 2.31. The number of hydrogen-bond donors (Lipinski definition) is 6. The van der Waals surface area contributed by atoms with Crippen LogP contribution in [0, 0.1) is 0 Å². The summed E-state index contributed by atoms with van der Waals surface area (Å²) in [5.74, 6) is 0. The summed E-state index contributed by atoms with van der Waals surface area (Å²) >= 11 is 0. The van der Waals surface area contributed by atoms with Crippen molar-refractivity contribution in [2.75, 3.05) is 93.9 Å². The first-order chi connectivity index (χ1) is 30.2. The van der Waals surface area contributed by atoms with Crippen molar-refractivity contribution in [1.29, 1.82) is 0 Å². The van der Waals surface area contributed by atoms with Gasteiger partial charge in [0.2, 0.25) is 0 Å². The Labute approximate surface area is 442 Å². The van der Waals surface area contributed by atoms with Gasteiger partial charge < -0.3 is 41.3 Å². The highest BCUT2D eigenvalue weighted by atomic mass is 16.5. The monoisotopic (exact) mass is 1010 g/mol. The number of nitrogens with two attached hydrogens (primary N) is 1. The van der Waals surface area contributed by atoms with Crippen LogP contribution in [-0.4, -0.2) is 195 Å². The van der Waals surface area contributed by atoms with E-state index in [2.05, 4.69) is 259 Å². The Kier molecular flexibility index (Phi) is 42.6. The molecule has 70 heavy (non-hydrogen) atoms. The summed E-state index contributed by atoms with van der Waals surface area (Å²) in [7, 11) is 8.29. The SMILES string of the molecule is CC(C)(C)N.CC(C)(C)N(CCO)C(C)(C)C.CC(C)(C)N(CCO)CCO.CC(C)(C)N1CCOCC1.CC(C)(C)NC(C)(C)C.CN(C(C)(C)C)C(C)(C)C.CN(C)C(C)(C)C.CNC(C)(C)C. The molecule has 0 aromatic rings. The molecule has 0 bridgehead atoms. The second-order valence-electron chi connectivity index (χ2n) is 30.0. The lowest BCUT2D eigenvalue weighted by molar-refractivity contribution is -0.00389. The van der Waals surface area contributed by atoms with E-state index in [0.29, 0.717) is 29.7 Å². The Morgan fingerprint density at radius 3 is 0.786 bits per heavy atom. The highest BCUT2D eigenvalue weighted by Crippen LogP contribution is 2.24. The molecular formula is C58H138N8O4. The molecule has 7 N–H and O–H groups in total. The van der Waals surface area contributed by atoms with Crippen molar-refractivity contribution in [2.45, 2.75) is 289 Å². The van der Waals surface area contributed by atoms with E-state index in [0.717, 1.165) is 32.8 Å². The molecule has 0 aromatic carbocycles. The van der Waals surface area contributed by atoms with Crippen LogP contribution in [0.25, 0.3) is 0 Å². The van der Waals surface area contributed by atoms with Gasteiger partial charge in [0, 0.05) is 93.7 Å². The Balaban J connectivity index is -0.000000131. The predicted molar refractivity (Wildman–Crippen MR) is 317 cm³/mol. The minimum atomic E-state index is 0. The highest BCUT2D eigenvalue weighted by molar-refractivity contribution is 4.87. The van der Waals surface area contributed by atoms with E-state index >= 15 is 0 Å². The molecule has 1 rings (SSSR count). The summed E-state index contributed by atoms with van der Waals surface area (Å²) < 4.78 is 5.25. The molecule has 0 aliphatic carbocycles. The summed E-state index contributed by atoms with van der Waals surface area (Å²) in [5, 5.41) is 32.9. The van der Waals surface area contributed by atoms with Crippen LogP contribution in [0.4, 0.5) is 0 Å². The molecule has 1 saturated heterocycles.